The van der Waals surface area contributed by atoms with Gasteiger partial charge in [-0.2, -0.15) is 5.26 Å². The molecule has 2 aromatic carbocycles. The SMILES string of the molecule is N#C[C@H](CC(N)=O)NC(=O)[C@@H]1CCCN1C(=O)OCc1ccc(-c2ccc(Cl)cc2)cc1. The van der Waals surface area contributed by atoms with E-state index in [0.717, 1.165) is 16.7 Å². The van der Waals surface area contributed by atoms with Crippen LogP contribution >= 0.6 is 11.6 Å². The summed E-state index contributed by atoms with van der Waals surface area (Å²) in [5.74, 6) is -1.19. The van der Waals surface area contributed by atoms with E-state index in [9.17, 15) is 14.4 Å². The number of primary amides is 1. The molecule has 1 saturated heterocycles. The maximum absolute atomic E-state index is 12.6. The number of nitrogens with zero attached hydrogens (tertiary/aromatic N) is 2. The van der Waals surface area contributed by atoms with Crippen molar-refractivity contribution >= 4 is 29.5 Å². The minimum Gasteiger partial charge on any atom is -0.445 e. The Balaban J connectivity index is 1.55. The maximum Gasteiger partial charge on any atom is 0.410 e. The third-order valence-corrected chi connectivity index (χ3v) is 5.41. The number of nitrogens with one attached hydrogen (secondary N) is 1. The van der Waals surface area contributed by atoms with Crippen molar-refractivity contribution in [3.63, 3.8) is 0 Å². The summed E-state index contributed by atoms with van der Waals surface area (Å²) in [5.41, 5.74) is 7.93. The summed E-state index contributed by atoms with van der Waals surface area (Å²) in [6, 6.07) is 15.1. The van der Waals surface area contributed by atoms with E-state index in [2.05, 4.69) is 5.32 Å². The summed E-state index contributed by atoms with van der Waals surface area (Å²) in [5, 5.41) is 12.2. The van der Waals surface area contributed by atoms with Gasteiger partial charge in [0.25, 0.3) is 0 Å². The fourth-order valence-corrected chi connectivity index (χ4v) is 3.65. The van der Waals surface area contributed by atoms with Crippen LogP contribution in [0.3, 0.4) is 0 Å². The molecule has 0 aliphatic carbocycles. The number of nitrogens with two attached hydrogens (primary N) is 1. The number of amides is 3. The first-order valence-corrected chi connectivity index (χ1v) is 10.5. The zero-order valence-corrected chi connectivity index (χ0v) is 18.0. The van der Waals surface area contributed by atoms with Gasteiger partial charge in [-0.1, -0.05) is 48.0 Å². The van der Waals surface area contributed by atoms with Gasteiger partial charge >= 0.3 is 6.09 Å². The van der Waals surface area contributed by atoms with Gasteiger partial charge in [0.05, 0.1) is 12.5 Å². The Kier molecular flexibility index (Phi) is 7.68. The Morgan fingerprint density at radius 1 is 1.16 bits per heavy atom. The fraction of sp³-hybridized carbons (Fsp3) is 0.304. The van der Waals surface area contributed by atoms with E-state index in [0.29, 0.717) is 24.4 Å². The normalized spacial score (nSPS) is 16.1. The Morgan fingerprint density at radius 2 is 1.78 bits per heavy atom. The minimum atomic E-state index is -1.03. The first kappa shape index (κ1) is 23.1. The molecule has 8 nitrogen and oxygen atoms in total. The molecule has 3 N–H and O–H groups in total. The zero-order valence-electron chi connectivity index (χ0n) is 17.3. The number of carbonyl (C=O) groups is 3. The number of carbonyl (C=O) groups excluding carboxylic acids is 3. The van der Waals surface area contributed by atoms with E-state index in [-0.39, 0.29) is 13.0 Å². The summed E-state index contributed by atoms with van der Waals surface area (Å²) >= 11 is 5.92. The van der Waals surface area contributed by atoms with Crippen LogP contribution in [0.2, 0.25) is 5.02 Å². The van der Waals surface area contributed by atoms with Gasteiger partial charge in [-0.05, 0) is 41.7 Å². The van der Waals surface area contributed by atoms with Crippen molar-refractivity contribution in [1.29, 1.82) is 5.26 Å². The predicted octanol–water partition coefficient (Wildman–Crippen LogP) is 2.99. The molecule has 32 heavy (non-hydrogen) atoms. The molecule has 0 radical (unpaired) electrons. The van der Waals surface area contributed by atoms with E-state index < -0.39 is 30.0 Å². The van der Waals surface area contributed by atoms with Gasteiger partial charge in [-0.3, -0.25) is 14.5 Å². The van der Waals surface area contributed by atoms with Crippen LogP contribution < -0.4 is 11.1 Å². The van der Waals surface area contributed by atoms with Gasteiger partial charge in [-0.25, -0.2) is 4.79 Å². The second-order valence-electron chi connectivity index (χ2n) is 7.47. The summed E-state index contributed by atoms with van der Waals surface area (Å²) < 4.78 is 5.40. The third-order valence-electron chi connectivity index (χ3n) is 5.16. The molecule has 0 aromatic heterocycles. The van der Waals surface area contributed by atoms with E-state index in [1.165, 1.54) is 4.90 Å². The van der Waals surface area contributed by atoms with Crippen LogP contribution in [-0.2, 0) is 20.9 Å². The fourth-order valence-electron chi connectivity index (χ4n) is 3.52. The van der Waals surface area contributed by atoms with E-state index in [4.69, 9.17) is 27.3 Å². The lowest BCUT2D eigenvalue weighted by molar-refractivity contribution is -0.125. The van der Waals surface area contributed by atoms with Gasteiger partial charge in [0, 0.05) is 11.6 Å². The van der Waals surface area contributed by atoms with Crippen LogP contribution in [-0.4, -0.2) is 41.4 Å². The number of nitriles is 1. The number of hydrogen-bond donors (Lipinski definition) is 2. The Hall–Kier alpha value is -3.57. The van der Waals surface area contributed by atoms with Gasteiger partial charge in [-0.15, -0.1) is 0 Å². The first-order valence-electron chi connectivity index (χ1n) is 10.1. The van der Waals surface area contributed by atoms with Crippen molar-refractivity contribution in [2.75, 3.05) is 6.54 Å². The van der Waals surface area contributed by atoms with Gasteiger partial charge in [0.1, 0.15) is 18.7 Å². The topological polar surface area (TPSA) is 126 Å². The molecule has 0 bridgehead atoms. The van der Waals surface area contributed by atoms with Crippen LogP contribution in [0.4, 0.5) is 4.79 Å². The van der Waals surface area contributed by atoms with Crippen LogP contribution in [0.5, 0.6) is 0 Å². The van der Waals surface area contributed by atoms with Crippen LogP contribution in [0.15, 0.2) is 48.5 Å². The number of hydrogen-bond acceptors (Lipinski definition) is 5. The first-order chi connectivity index (χ1) is 15.4. The highest BCUT2D eigenvalue weighted by Crippen LogP contribution is 2.23. The minimum absolute atomic E-state index is 0.0626. The summed E-state index contributed by atoms with van der Waals surface area (Å²) in [4.78, 5) is 37.4. The van der Waals surface area contributed by atoms with Crippen molar-refractivity contribution in [1.82, 2.24) is 10.2 Å². The van der Waals surface area contributed by atoms with Crippen LogP contribution in [0.25, 0.3) is 11.1 Å². The lowest BCUT2D eigenvalue weighted by atomic mass is 10.0. The van der Waals surface area contributed by atoms with Crippen LogP contribution in [0, 0.1) is 11.3 Å². The molecule has 1 aliphatic rings. The molecular formula is C23H23ClN4O4. The van der Waals surface area contributed by atoms with E-state index >= 15 is 0 Å². The standard InChI is InChI=1S/C23H23ClN4O4/c24-18-9-7-17(8-10-18)16-5-3-15(4-6-16)14-32-23(31)28-11-1-2-20(28)22(30)27-19(13-25)12-21(26)29/h3-10,19-20H,1-2,11-12,14H2,(H2,26,29)(H,27,30)/t19-,20-/m0/s1. The van der Waals surface area contributed by atoms with Crippen molar-refractivity contribution in [3.8, 4) is 17.2 Å². The molecule has 3 amide bonds. The lowest BCUT2D eigenvalue weighted by Crippen LogP contribution is -2.49. The average molecular weight is 455 g/mol. The van der Waals surface area contributed by atoms with Crippen molar-refractivity contribution in [2.45, 2.75) is 38.0 Å². The summed E-state index contributed by atoms with van der Waals surface area (Å²) in [6.45, 7) is 0.437. The Morgan fingerprint density at radius 3 is 2.38 bits per heavy atom. The van der Waals surface area contributed by atoms with E-state index in [1.807, 2.05) is 54.6 Å². The average Bonchev–Trinajstić information content (AvgIpc) is 3.28. The Bertz CT molecular complexity index is 1020. The molecular weight excluding hydrogens is 432 g/mol. The van der Waals surface area contributed by atoms with Crippen molar-refractivity contribution in [2.24, 2.45) is 5.73 Å². The lowest BCUT2D eigenvalue weighted by Gasteiger charge is -2.24. The molecule has 0 unspecified atom stereocenters. The molecule has 0 saturated carbocycles. The summed E-state index contributed by atoms with van der Waals surface area (Å²) in [7, 11) is 0. The molecule has 2 aromatic rings. The zero-order chi connectivity index (χ0) is 23.1. The molecule has 1 fully saturated rings. The van der Waals surface area contributed by atoms with Crippen molar-refractivity contribution in [3.05, 3.63) is 59.1 Å². The monoisotopic (exact) mass is 454 g/mol. The highest BCUT2D eigenvalue weighted by Gasteiger charge is 2.36. The Labute approximate surface area is 190 Å². The highest BCUT2D eigenvalue weighted by molar-refractivity contribution is 6.30. The van der Waals surface area contributed by atoms with Gasteiger partial charge in [0.2, 0.25) is 11.8 Å². The van der Waals surface area contributed by atoms with Gasteiger partial charge < -0.3 is 15.8 Å². The third kappa shape index (κ3) is 5.99. The highest BCUT2D eigenvalue weighted by atomic mass is 35.5. The molecule has 1 aliphatic heterocycles. The molecule has 2 atom stereocenters. The quantitative estimate of drug-likeness (QED) is 0.665. The molecule has 9 heteroatoms. The van der Waals surface area contributed by atoms with Crippen LogP contribution in [0.1, 0.15) is 24.8 Å². The molecule has 166 valence electrons. The molecule has 3 rings (SSSR count). The predicted molar refractivity (Wildman–Crippen MR) is 118 cm³/mol. The molecule has 1 heterocycles. The number of rotatable bonds is 7. The van der Waals surface area contributed by atoms with Gasteiger partial charge in [0.15, 0.2) is 0 Å². The van der Waals surface area contributed by atoms with Crippen molar-refractivity contribution < 1.29 is 19.1 Å². The summed E-state index contributed by atoms with van der Waals surface area (Å²) in [6.07, 6.45) is 0.195. The van der Waals surface area contributed by atoms with E-state index in [1.54, 1.807) is 0 Å². The number of likely N-dealkylation sites (tertiary alicyclic amines) is 1. The number of benzene rings is 2. The maximum atomic E-state index is 12.6. The smallest absolute Gasteiger partial charge is 0.410 e. The second kappa shape index (κ2) is 10.6. The second-order valence-corrected chi connectivity index (χ2v) is 7.91. The number of ether oxygens (including phenoxy) is 1. The largest absolute Gasteiger partial charge is 0.445 e. The number of halogens is 1. The molecule has 0 spiro atoms.